The molecule has 4 nitrogen and oxygen atoms in total. The molecule has 1 N–H and O–H groups in total. The highest BCUT2D eigenvalue weighted by molar-refractivity contribution is 8.00. The van der Waals surface area contributed by atoms with Crippen LogP contribution in [0.25, 0.3) is 0 Å². The number of nitrogens with one attached hydrogen (secondary N) is 1. The summed E-state index contributed by atoms with van der Waals surface area (Å²) in [5.74, 6) is 2.42. The molecule has 0 aromatic heterocycles. The van der Waals surface area contributed by atoms with Gasteiger partial charge in [-0.15, -0.1) is 0 Å². The van der Waals surface area contributed by atoms with Gasteiger partial charge < -0.3 is 15.0 Å². The van der Waals surface area contributed by atoms with Gasteiger partial charge in [-0.1, -0.05) is 0 Å². The maximum absolute atomic E-state index is 11.6. The summed E-state index contributed by atoms with van der Waals surface area (Å²) in [6, 6.07) is 1.13. The normalized spacial score (nSPS) is 22.6. The predicted octanol–water partition coefficient (Wildman–Crippen LogP) is 1.31. The zero-order chi connectivity index (χ0) is 11.8. The Hall–Kier alpha value is -0.420. The van der Waals surface area contributed by atoms with Crippen LogP contribution in [0.15, 0.2) is 0 Å². The first-order chi connectivity index (χ1) is 7.44. The van der Waals surface area contributed by atoms with Gasteiger partial charge in [0.2, 0.25) is 0 Å². The summed E-state index contributed by atoms with van der Waals surface area (Å²) in [7, 11) is 0. The smallest absolute Gasteiger partial charge is 0.410 e. The molecule has 0 bridgehead atoms. The second-order valence-electron chi connectivity index (χ2n) is 5.48. The molecule has 5 heteroatoms. The van der Waals surface area contributed by atoms with Gasteiger partial charge in [-0.05, 0) is 20.8 Å². The Morgan fingerprint density at radius 3 is 2.38 bits per heavy atom. The van der Waals surface area contributed by atoms with Gasteiger partial charge >= 0.3 is 6.09 Å². The van der Waals surface area contributed by atoms with Crippen LogP contribution in [0.2, 0.25) is 0 Å². The third-order valence-corrected chi connectivity index (χ3v) is 3.92. The first-order valence-corrected chi connectivity index (χ1v) is 6.91. The number of likely N-dealkylation sites (tertiary alicyclic amines) is 1. The van der Waals surface area contributed by atoms with Crippen molar-refractivity contribution in [2.24, 2.45) is 0 Å². The van der Waals surface area contributed by atoms with Crippen molar-refractivity contribution in [2.45, 2.75) is 38.5 Å². The van der Waals surface area contributed by atoms with Gasteiger partial charge in [0.15, 0.2) is 0 Å². The quantitative estimate of drug-likeness (QED) is 0.795. The molecule has 0 spiro atoms. The number of rotatable bonds is 2. The Labute approximate surface area is 101 Å². The predicted molar refractivity (Wildman–Crippen MR) is 65.8 cm³/mol. The van der Waals surface area contributed by atoms with E-state index < -0.39 is 0 Å². The van der Waals surface area contributed by atoms with Crippen LogP contribution in [0.1, 0.15) is 20.8 Å². The number of hydrogen-bond donors (Lipinski definition) is 1. The summed E-state index contributed by atoms with van der Waals surface area (Å²) in [6.07, 6.45) is -0.187. The Balaban J connectivity index is 1.65. The lowest BCUT2D eigenvalue weighted by molar-refractivity contribution is 0.00455. The molecular formula is C11H20N2O2S. The Morgan fingerprint density at radius 1 is 1.31 bits per heavy atom. The van der Waals surface area contributed by atoms with Crippen LogP contribution >= 0.6 is 11.8 Å². The van der Waals surface area contributed by atoms with Gasteiger partial charge in [-0.2, -0.15) is 11.8 Å². The van der Waals surface area contributed by atoms with Gasteiger partial charge in [0, 0.05) is 36.7 Å². The molecule has 2 fully saturated rings. The minimum atomic E-state index is -0.389. The highest BCUT2D eigenvalue weighted by atomic mass is 32.2. The summed E-state index contributed by atoms with van der Waals surface area (Å²) < 4.78 is 5.29. The largest absolute Gasteiger partial charge is 0.444 e. The lowest BCUT2D eigenvalue weighted by Gasteiger charge is -2.43. The maximum atomic E-state index is 11.6. The summed E-state index contributed by atoms with van der Waals surface area (Å²) in [6.45, 7) is 7.26. The topological polar surface area (TPSA) is 41.6 Å². The van der Waals surface area contributed by atoms with Gasteiger partial charge in [0.1, 0.15) is 5.60 Å². The van der Waals surface area contributed by atoms with Crippen LogP contribution in [-0.4, -0.2) is 53.3 Å². The molecule has 2 aliphatic rings. The molecule has 0 radical (unpaired) electrons. The van der Waals surface area contributed by atoms with E-state index in [1.807, 2.05) is 32.5 Å². The standard InChI is InChI=1S/C11H20N2O2S/c1-11(2,3)15-10(14)13-4-8(5-13)12-9-6-16-7-9/h8-9,12H,4-7H2,1-3H3. The van der Waals surface area contributed by atoms with E-state index in [4.69, 9.17) is 4.74 Å². The molecule has 2 aliphatic heterocycles. The van der Waals surface area contributed by atoms with Crippen molar-refractivity contribution in [1.82, 2.24) is 10.2 Å². The number of hydrogen-bond acceptors (Lipinski definition) is 4. The monoisotopic (exact) mass is 244 g/mol. The van der Waals surface area contributed by atoms with E-state index in [0.29, 0.717) is 12.1 Å². The lowest BCUT2D eigenvalue weighted by Crippen LogP contribution is -2.63. The van der Waals surface area contributed by atoms with Crippen LogP contribution in [0.5, 0.6) is 0 Å². The third-order valence-electron chi connectivity index (χ3n) is 2.64. The van der Waals surface area contributed by atoms with E-state index in [1.165, 1.54) is 11.5 Å². The zero-order valence-electron chi connectivity index (χ0n) is 10.2. The van der Waals surface area contributed by atoms with E-state index >= 15 is 0 Å². The fourth-order valence-corrected chi connectivity index (χ4v) is 2.39. The molecule has 0 saturated carbocycles. The summed E-state index contributed by atoms with van der Waals surface area (Å²) >= 11 is 1.97. The lowest BCUT2D eigenvalue weighted by atomic mass is 10.1. The van der Waals surface area contributed by atoms with E-state index in [2.05, 4.69) is 5.32 Å². The summed E-state index contributed by atoms with van der Waals surface area (Å²) in [5.41, 5.74) is -0.389. The molecule has 92 valence electrons. The first kappa shape index (κ1) is 12.0. The van der Waals surface area contributed by atoms with Crippen molar-refractivity contribution >= 4 is 17.9 Å². The van der Waals surface area contributed by atoms with Crippen LogP contribution in [0, 0.1) is 0 Å². The first-order valence-electron chi connectivity index (χ1n) is 5.76. The van der Waals surface area contributed by atoms with Crippen molar-refractivity contribution in [3.8, 4) is 0 Å². The van der Waals surface area contributed by atoms with Crippen LogP contribution in [0.4, 0.5) is 4.79 Å². The molecule has 2 heterocycles. The maximum Gasteiger partial charge on any atom is 0.410 e. The van der Waals surface area contributed by atoms with Gasteiger partial charge in [0.05, 0.1) is 0 Å². The Morgan fingerprint density at radius 2 is 1.94 bits per heavy atom. The minimum absolute atomic E-state index is 0.187. The van der Waals surface area contributed by atoms with Crippen molar-refractivity contribution in [1.29, 1.82) is 0 Å². The van der Waals surface area contributed by atoms with Gasteiger partial charge in [0.25, 0.3) is 0 Å². The molecule has 0 atom stereocenters. The van der Waals surface area contributed by atoms with Gasteiger partial charge in [-0.25, -0.2) is 4.79 Å². The average Bonchev–Trinajstić information content (AvgIpc) is 1.93. The van der Waals surface area contributed by atoms with Crippen LogP contribution < -0.4 is 5.32 Å². The molecule has 0 unspecified atom stereocenters. The van der Waals surface area contributed by atoms with Crippen molar-refractivity contribution in [2.75, 3.05) is 24.6 Å². The molecule has 16 heavy (non-hydrogen) atoms. The highest BCUT2D eigenvalue weighted by Gasteiger charge is 2.35. The number of nitrogens with zero attached hydrogens (tertiary/aromatic N) is 1. The second-order valence-corrected chi connectivity index (χ2v) is 6.56. The van der Waals surface area contributed by atoms with E-state index in [1.54, 1.807) is 4.90 Å². The number of ether oxygens (including phenoxy) is 1. The van der Waals surface area contributed by atoms with Crippen molar-refractivity contribution in [3.63, 3.8) is 0 Å². The third kappa shape index (κ3) is 3.04. The molecule has 0 aromatic rings. The van der Waals surface area contributed by atoms with E-state index in [0.717, 1.165) is 13.1 Å². The SMILES string of the molecule is CC(C)(C)OC(=O)N1CC(NC2CSC2)C1. The van der Waals surface area contributed by atoms with Gasteiger partial charge in [-0.3, -0.25) is 0 Å². The molecule has 1 amide bonds. The number of carbonyl (C=O) groups is 1. The molecule has 0 aliphatic carbocycles. The second kappa shape index (κ2) is 4.45. The molecule has 0 aromatic carbocycles. The summed E-state index contributed by atoms with van der Waals surface area (Å²) in [4.78, 5) is 13.4. The average molecular weight is 244 g/mol. The molecule has 2 rings (SSSR count). The molecule has 2 saturated heterocycles. The zero-order valence-corrected chi connectivity index (χ0v) is 11.0. The van der Waals surface area contributed by atoms with Crippen LogP contribution in [-0.2, 0) is 4.74 Å². The number of amides is 1. The number of thioether (sulfide) groups is 1. The van der Waals surface area contributed by atoms with E-state index in [-0.39, 0.29) is 11.7 Å². The Bertz CT molecular complexity index is 268. The number of carbonyl (C=O) groups excluding carboxylic acids is 1. The fourth-order valence-electron chi connectivity index (χ4n) is 1.72. The Kier molecular flexibility index (Phi) is 3.35. The summed E-state index contributed by atoms with van der Waals surface area (Å²) in [5, 5.41) is 3.53. The van der Waals surface area contributed by atoms with Crippen LogP contribution in [0.3, 0.4) is 0 Å². The highest BCUT2D eigenvalue weighted by Crippen LogP contribution is 2.20. The van der Waals surface area contributed by atoms with Crippen molar-refractivity contribution in [3.05, 3.63) is 0 Å². The van der Waals surface area contributed by atoms with E-state index in [9.17, 15) is 4.79 Å². The molecular weight excluding hydrogens is 224 g/mol. The fraction of sp³-hybridized carbons (Fsp3) is 0.909. The van der Waals surface area contributed by atoms with Crippen molar-refractivity contribution < 1.29 is 9.53 Å². The minimum Gasteiger partial charge on any atom is -0.444 e.